The first kappa shape index (κ1) is 22.0. The number of likely N-dealkylation sites (tertiary alicyclic amines) is 1. The number of hydrogen-bond acceptors (Lipinski definition) is 3. The Morgan fingerprint density at radius 1 is 1.21 bits per heavy atom. The van der Waals surface area contributed by atoms with Gasteiger partial charge in [-0.2, -0.15) is 0 Å². The monoisotopic (exact) mass is 452 g/mol. The molecular weight excluding hydrogens is 415 g/mol. The van der Waals surface area contributed by atoms with E-state index >= 15 is 0 Å². The zero-order valence-corrected chi connectivity index (χ0v) is 18.2. The van der Waals surface area contributed by atoms with E-state index in [1.54, 1.807) is 7.11 Å². The van der Waals surface area contributed by atoms with E-state index in [0.29, 0.717) is 5.41 Å². The van der Waals surface area contributed by atoms with Gasteiger partial charge in [0.25, 0.3) is 0 Å². The molecule has 1 spiro atoms. The largest absolute Gasteiger partial charge is 0.383 e. The third kappa shape index (κ3) is 6.67. The lowest BCUT2D eigenvalue weighted by molar-refractivity contribution is 0.162. The quantitative estimate of drug-likeness (QED) is 0.367. The van der Waals surface area contributed by atoms with Gasteiger partial charge in [-0.25, -0.2) is 0 Å². The van der Waals surface area contributed by atoms with Gasteiger partial charge in [-0.15, -0.1) is 24.0 Å². The van der Waals surface area contributed by atoms with Crippen LogP contribution in [0.25, 0.3) is 0 Å². The van der Waals surface area contributed by atoms with Crippen LogP contribution < -0.4 is 5.32 Å². The zero-order valence-electron chi connectivity index (χ0n) is 15.9. The van der Waals surface area contributed by atoms with E-state index in [0.717, 1.165) is 38.7 Å². The van der Waals surface area contributed by atoms with Gasteiger partial charge in [-0.3, -0.25) is 4.99 Å². The average molecular weight is 452 g/mol. The summed E-state index contributed by atoms with van der Waals surface area (Å²) < 4.78 is 5.13. The summed E-state index contributed by atoms with van der Waals surface area (Å²) in [7, 11) is 3.89. The van der Waals surface area contributed by atoms with E-state index < -0.39 is 0 Å². The lowest BCUT2D eigenvalue weighted by Gasteiger charge is -2.33. The van der Waals surface area contributed by atoms with Crippen molar-refractivity contribution in [1.82, 2.24) is 15.1 Å². The molecule has 2 fully saturated rings. The van der Waals surface area contributed by atoms with Crippen molar-refractivity contribution >= 4 is 29.9 Å². The topological polar surface area (TPSA) is 40.1 Å². The van der Waals surface area contributed by atoms with Crippen LogP contribution in [0.5, 0.6) is 0 Å². The minimum atomic E-state index is 0. The maximum Gasteiger partial charge on any atom is 0.193 e. The fraction of sp³-hybridized carbons (Fsp3) is 0.944. The number of rotatable bonds is 7. The van der Waals surface area contributed by atoms with Crippen molar-refractivity contribution in [3.05, 3.63) is 0 Å². The number of nitrogens with one attached hydrogen (secondary N) is 1. The molecule has 1 saturated heterocycles. The summed E-state index contributed by atoms with van der Waals surface area (Å²) in [5, 5.41) is 3.50. The third-order valence-electron chi connectivity index (χ3n) is 5.41. The van der Waals surface area contributed by atoms with Crippen LogP contribution in [0.15, 0.2) is 4.99 Å². The molecule has 2 rings (SSSR count). The molecule has 0 unspecified atom stereocenters. The van der Waals surface area contributed by atoms with Crippen LogP contribution in [-0.2, 0) is 4.74 Å². The fourth-order valence-corrected chi connectivity index (χ4v) is 3.94. The smallest absolute Gasteiger partial charge is 0.193 e. The van der Waals surface area contributed by atoms with Crippen molar-refractivity contribution in [2.75, 3.05) is 60.0 Å². The molecule has 0 aromatic heterocycles. The Balaban J connectivity index is 0.00000288. The van der Waals surface area contributed by atoms with Crippen LogP contribution in [0.3, 0.4) is 0 Å². The molecule has 142 valence electrons. The van der Waals surface area contributed by atoms with Crippen LogP contribution >= 0.6 is 24.0 Å². The summed E-state index contributed by atoms with van der Waals surface area (Å²) in [6, 6.07) is 0. The maximum atomic E-state index is 5.13. The van der Waals surface area contributed by atoms with Crippen LogP contribution in [0, 0.1) is 5.41 Å². The van der Waals surface area contributed by atoms with Crippen LogP contribution in [0.2, 0.25) is 0 Å². The predicted octanol–water partition coefficient (Wildman–Crippen LogP) is 2.80. The first-order valence-electron chi connectivity index (χ1n) is 9.40. The Labute approximate surface area is 165 Å². The number of likely N-dealkylation sites (N-methyl/N-ethyl adjacent to an activating group) is 1. The Kier molecular flexibility index (Phi) is 10.5. The predicted molar refractivity (Wildman–Crippen MR) is 112 cm³/mol. The van der Waals surface area contributed by atoms with E-state index in [1.807, 2.05) is 0 Å². The highest BCUT2D eigenvalue weighted by molar-refractivity contribution is 14.0. The summed E-state index contributed by atoms with van der Waals surface area (Å²) in [6.07, 6.45) is 8.47. The van der Waals surface area contributed by atoms with Crippen molar-refractivity contribution in [3.8, 4) is 0 Å². The van der Waals surface area contributed by atoms with E-state index in [1.165, 1.54) is 51.6 Å². The van der Waals surface area contributed by atoms with E-state index in [9.17, 15) is 0 Å². The van der Waals surface area contributed by atoms with E-state index in [-0.39, 0.29) is 24.0 Å². The van der Waals surface area contributed by atoms with Crippen LogP contribution in [-0.4, -0.2) is 75.8 Å². The molecule has 6 heteroatoms. The lowest BCUT2D eigenvalue weighted by Crippen LogP contribution is -2.42. The first-order valence-corrected chi connectivity index (χ1v) is 9.40. The van der Waals surface area contributed by atoms with Crippen LogP contribution in [0.4, 0.5) is 0 Å². The average Bonchev–Trinajstić information content (AvgIpc) is 2.96. The summed E-state index contributed by atoms with van der Waals surface area (Å²) in [5.74, 6) is 1.12. The third-order valence-corrected chi connectivity index (χ3v) is 5.41. The van der Waals surface area contributed by atoms with E-state index in [4.69, 9.17) is 9.73 Å². The van der Waals surface area contributed by atoms with E-state index in [2.05, 4.69) is 29.1 Å². The highest BCUT2D eigenvalue weighted by Crippen LogP contribution is 2.43. The van der Waals surface area contributed by atoms with Gasteiger partial charge in [0.2, 0.25) is 0 Å². The SMILES string of the molecule is CCNC(=NCCN(C)CCOC)N1CCC2(CCCCC2)C1.I. The number of halogens is 1. The first-order chi connectivity index (χ1) is 11.2. The second kappa shape index (κ2) is 11.5. The molecule has 0 amide bonds. The van der Waals surface area contributed by atoms with Gasteiger partial charge in [-0.1, -0.05) is 19.3 Å². The Morgan fingerprint density at radius 2 is 1.96 bits per heavy atom. The van der Waals surface area contributed by atoms with Gasteiger partial charge < -0.3 is 19.9 Å². The second-order valence-corrected chi connectivity index (χ2v) is 7.26. The molecule has 1 aliphatic carbocycles. The highest BCUT2D eigenvalue weighted by Gasteiger charge is 2.39. The van der Waals surface area contributed by atoms with Crippen molar-refractivity contribution in [1.29, 1.82) is 0 Å². The second-order valence-electron chi connectivity index (χ2n) is 7.26. The van der Waals surface area contributed by atoms with Crippen molar-refractivity contribution in [3.63, 3.8) is 0 Å². The molecule has 5 nitrogen and oxygen atoms in total. The minimum absolute atomic E-state index is 0. The lowest BCUT2D eigenvalue weighted by atomic mass is 9.73. The molecular formula is C18H37IN4O. The molecule has 0 aromatic carbocycles. The normalized spacial score (nSPS) is 20.5. The molecule has 1 heterocycles. The van der Waals surface area contributed by atoms with Gasteiger partial charge in [0, 0.05) is 39.8 Å². The number of methoxy groups -OCH3 is 1. The summed E-state index contributed by atoms with van der Waals surface area (Å²) >= 11 is 0. The molecule has 1 aliphatic heterocycles. The van der Waals surface area contributed by atoms with Gasteiger partial charge in [-0.05, 0) is 38.6 Å². The molecule has 0 atom stereocenters. The number of guanidine groups is 1. The number of hydrogen-bond donors (Lipinski definition) is 1. The highest BCUT2D eigenvalue weighted by atomic mass is 127. The zero-order chi connectivity index (χ0) is 16.5. The van der Waals surface area contributed by atoms with Crippen molar-refractivity contribution in [2.45, 2.75) is 45.4 Å². The Bertz CT molecular complexity index is 372. The van der Waals surface area contributed by atoms with Gasteiger partial charge in [0.1, 0.15) is 0 Å². The number of ether oxygens (including phenoxy) is 1. The van der Waals surface area contributed by atoms with Gasteiger partial charge in [0.05, 0.1) is 13.2 Å². The molecule has 0 radical (unpaired) electrons. The summed E-state index contributed by atoms with van der Waals surface area (Å²) in [4.78, 5) is 9.66. The molecule has 0 bridgehead atoms. The molecule has 1 N–H and O–H groups in total. The number of aliphatic imine (C=N–C) groups is 1. The summed E-state index contributed by atoms with van der Waals surface area (Å²) in [6.45, 7) is 9.08. The summed E-state index contributed by atoms with van der Waals surface area (Å²) in [5.41, 5.74) is 0.587. The van der Waals surface area contributed by atoms with Gasteiger partial charge >= 0.3 is 0 Å². The number of nitrogens with zero attached hydrogens (tertiary/aromatic N) is 3. The molecule has 1 saturated carbocycles. The van der Waals surface area contributed by atoms with Crippen molar-refractivity contribution < 1.29 is 4.74 Å². The standard InChI is InChI=1S/C18H36N4O.HI/c1-4-19-17(20-11-13-21(2)14-15-23-3)22-12-10-18(16-22)8-6-5-7-9-18;/h4-16H2,1-3H3,(H,19,20);1H. The Hall–Kier alpha value is -0.0800. The molecule has 24 heavy (non-hydrogen) atoms. The van der Waals surface area contributed by atoms with Gasteiger partial charge in [0.15, 0.2) is 5.96 Å². The fourth-order valence-electron chi connectivity index (χ4n) is 3.94. The minimum Gasteiger partial charge on any atom is -0.383 e. The van der Waals surface area contributed by atoms with Crippen molar-refractivity contribution in [2.24, 2.45) is 10.4 Å². The van der Waals surface area contributed by atoms with Crippen LogP contribution in [0.1, 0.15) is 45.4 Å². The molecule has 2 aliphatic rings. The maximum absolute atomic E-state index is 5.13. The molecule has 0 aromatic rings. The Morgan fingerprint density at radius 3 is 2.62 bits per heavy atom.